The quantitative estimate of drug-likeness (QED) is 0.541. The van der Waals surface area contributed by atoms with Gasteiger partial charge in [0.2, 0.25) is 17.5 Å². The lowest BCUT2D eigenvalue weighted by molar-refractivity contribution is -0.105. The summed E-state index contributed by atoms with van der Waals surface area (Å²) in [6.45, 7) is 5.04. The molecule has 2 aromatic heterocycles. The van der Waals surface area contributed by atoms with Crippen molar-refractivity contribution in [3.05, 3.63) is 34.3 Å². The first-order valence-corrected chi connectivity index (χ1v) is 11.2. The standard InChI is InChI=1S/C13H15NOS.C6H10N4OS/c1-9-8-16-13(14-9)11-3-2-4-12-10(7-11)5-6-15-12;1-2-3-12-6-8-5(7-4-11)9-10-6/h2-3,7-8,10,12H,4-6H2,1H3;4H,2-3H2,1H3,(H2,7,8,9,10,11). The van der Waals surface area contributed by atoms with Gasteiger partial charge in [-0.1, -0.05) is 36.9 Å². The summed E-state index contributed by atoms with van der Waals surface area (Å²) in [5.74, 6) is 1.95. The van der Waals surface area contributed by atoms with E-state index in [0.717, 1.165) is 42.3 Å². The molecule has 0 radical (unpaired) electrons. The van der Waals surface area contributed by atoms with Crippen molar-refractivity contribution in [2.45, 2.75) is 44.4 Å². The van der Waals surface area contributed by atoms with Crippen LogP contribution in [-0.2, 0) is 9.53 Å². The van der Waals surface area contributed by atoms with Crippen LogP contribution in [0.1, 0.15) is 36.9 Å². The van der Waals surface area contributed by atoms with Gasteiger partial charge in [0.1, 0.15) is 5.01 Å². The highest BCUT2D eigenvalue weighted by atomic mass is 32.2. The molecule has 2 aromatic rings. The van der Waals surface area contributed by atoms with E-state index in [0.29, 0.717) is 29.5 Å². The monoisotopic (exact) mass is 419 g/mol. The minimum Gasteiger partial charge on any atom is -0.377 e. The van der Waals surface area contributed by atoms with Gasteiger partial charge in [-0.05, 0) is 26.2 Å². The lowest BCUT2D eigenvalue weighted by atomic mass is 9.99. The van der Waals surface area contributed by atoms with Gasteiger partial charge in [-0.3, -0.25) is 10.1 Å². The number of nitrogens with zero attached hydrogens (tertiary/aromatic N) is 3. The maximum atomic E-state index is 9.99. The van der Waals surface area contributed by atoms with Gasteiger partial charge in [0.05, 0.1) is 6.10 Å². The van der Waals surface area contributed by atoms with E-state index in [9.17, 15) is 4.79 Å². The lowest BCUT2D eigenvalue weighted by Gasteiger charge is -2.11. The number of rotatable bonds is 6. The molecule has 1 fully saturated rings. The maximum absolute atomic E-state index is 9.99. The molecule has 2 N–H and O–H groups in total. The van der Waals surface area contributed by atoms with E-state index in [2.05, 4.69) is 56.0 Å². The van der Waals surface area contributed by atoms with E-state index in [1.165, 1.54) is 5.57 Å². The highest BCUT2D eigenvalue weighted by Crippen LogP contribution is 2.32. The molecule has 150 valence electrons. The van der Waals surface area contributed by atoms with Crippen LogP contribution < -0.4 is 5.32 Å². The van der Waals surface area contributed by atoms with Crippen molar-refractivity contribution in [2.75, 3.05) is 17.7 Å². The Hall–Kier alpha value is -1.97. The number of H-pyrrole nitrogens is 1. The first-order valence-electron chi connectivity index (χ1n) is 9.37. The second-order valence-corrected chi connectivity index (χ2v) is 8.41. The fraction of sp³-hybridized carbons (Fsp3) is 0.474. The zero-order valence-electron chi connectivity index (χ0n) is 16.1. The minimum absolute atomic E-state index is 0.392. The van der Waals surface area contributed by atoms with Gasteiger partial charge in [-0.15, -0.1) is 16.4 Å². The van der Waals surface area contributed by atoms with Crippen molar-refractivity contribution >= 4 is 41.0 Å². The fourth-order valence-electron chi connectivity index (χ4n) is 2.97. The number of fused-ring (bicyclic) bond motifs is 1. The third kappa shape index (κ3) is 5.76. The van der Waals surface area contributed by atoms with Crippen molar-refractivity contribution in [2.24, 2.45) is 5.92 Å². The predicted molar refractivity (Wildman–Crippen MR) is 114 cm³/mol. The molecule has 1 saturated heterocycles. The molecule has 4 rings (SSSR count). The van der Waals surface area contributed by atoms with Gasteiger partial charge >= 0.3 is 0 Å². The van der Waals surface area contributed by atoms with Crippen molar-refractivity contribution in [1.29, 1.82) is 0 Å². The number of aromatic nitrogens is 4. The number of thiazole rings is 1. The molecule has 1 aliphatic carbocycles. The average Bonchev–Trinajstić information content (AvgIpc) is 3.41. The summed E-state index contributed by atoms with van der Waals surface area (Å²) in [5.41, 5.74) is 2.38. The Balaban J connectivity index is 0.000000169. The normalized spacial score (nSPS) is 20.6. The Bertz CT molecular complexity index is 830. The van der Waals surface area contributed by atoms with Crippen LogP contribution in [-0.4, -0.2) is 45.0 Å². The number of ether oxygens (including phenoxy) is 1. The Morgan fingerprint density at radius 1 is 1.46 bits per heavy atom. The van der Waals surface area contributed by atoms with Crippen LogP contribution in [0.25, 0.3) is 5.57 Å². The molecule has 0 spiro atoms. The molecule has 2 unspecified atom stereocenters. The summed E-state index contributed by atoms with van der Waals surface area (Å²) >= 11 is 3.29. The molecular weight excluding hydrogens is 394 g/mol. The summed E-state index contributed by atoms with van der Waals surface area (Å²) < 4.78 is 5.71. The molecule has 1 amide bonds. The molecule has 28 heavy (non-hydrogen) atoms. The Morgan fingerprint density at radius 3 is 3.11 bits per heavy atom. The van der Waals surface area contributed by atoms with E-state index >= 15 is 0 Å². The van der Waals surface area contributed by atoms with E-state index < -0.39 is 0 Å². The summed E-state index contributed by atoms with van der Waals surface area (Å²) in [5, 5.41) is 12.8. The smallest absolute Gasteiger partial charge is 0.225 e. The number of aryl methyl sites for hydroxylation is 1. The number of thioether (sulfide) groups is 1. The van der Waals surface area contributed by atoms with Gasteiger partial charge in [-0.25, -0.2) is 10.1 Å². The third-order valence-corrected chi connectivity index (χ3v) is 6.34. The summed E-state index contributed by atoms with van der Waals surface area (Å²) in [7, 11) is 0. The van der Waals surface area contributed by atoms with Crippen molar-refractivity contribution in [3.8, 4) is 0 Å². The Kier molecular flexibility index (Phi) is 7.81. The molecule has 2 aliphatic rings. The predicted octanol–water partition coefficient (Wildman–Crippen LogP) is 4.08. The van der Waals surface area contributed by atoms with Crippen molar-refractivity contribution < 1.29 is 9.53 Å². The van der Waals surface area contributed by atoms with Gasteiger partial charge in [-0.2, -0.15) is 4.98 Å². The second-order valence-electron chi connectivity index (χ2n) is 6.49. The van der Waals surface area contributed by atoms with Crippen molar-refractivity contribution in [3.63, 3.8) is 0 Å². The number of amides is 1. The number of hydrogen-bond donors (Lipinski definition) is 2. The summed E-state index contributed by atoms with van der Waals surface area (Å²) in [6, 6.07) is 0. The maximum Gasteiger partial charge on any atom is 0.225 e. The SMILES string of the molecule is CCCSc1n[nH]c(NC=O)n1.Cc1csc(C2=CC3CCOC3CC=C2)n1. The van der Waals surface area contributed by atoms with E-state index in [-0.39, 0.29) is 0 Å². The highest BCUT2D eigenvalue weighted by molar-refractivity contribution is 7.99. The average molecular weight is 420 g/mol. The Morgan fingerprint density at radius 2 is 2.36 bits per heavy atom. The molecule has 2 atom stereocenters. The van der Waals surface area contributed by atoms with E-state index in [4.69, 9.17) is 4.74 Å². The molecule has 0 bridgehead atoms. The number of carbonyl (C=O) groups is 1. The lowest BCUT2D eigenvalue weighted by Crippen LogP contribution is -2.11. The number of anilines is 1. The minimum atomic E-state index is 0.392. The second kappa shape index (κ2) is 10.5. The zero-order valence-corrected chi connectivity index (χ0v) is 17.7. The number of allylic oxidation sites excluding steroid dienone is 2. The molecule has 9 heteroatoms. The van der Waals surface area contributed by atoms with Gasteiger partial charge in [0.25, 0.3) is 0 Å². The zero-order chi connectivity index (χ0) is 19.8. The van der Waals surface area contributed by atoms with Crippen LogP contribution in [0.3, 0.4) is 0 Å². The first-order chi connectivity index (χ1) is 13.7. The first kappa shape index (κ1) is 20.8. The van der Waals surface area contributed by atoms with E-state index in [1.54, 1.807) is 23.1 Å². The fourth-order valence-corrected chi connectivity index (χ4v) is 4.42. The number of carbonyl (C=O) groups excluding carboxylic acids is 1. The molecule has 1 aliphatic heterocycles. The largest absolute Gasteiger partial charge is 0.377 e. The summed E-state index contributed by atoms with van der Waals surface area (Å²) in [6.07, 6.45) is 11.0. The van der Waals surface area contributed by atoms with Crippen LogP contribution in [0.4, 0.5) is 5.95 Å². The van der Waals surface area contributed by atoms with E-state index in [1.807, 2.05) is 6.92 Å². The van der Waals surface area contributed by atoms with Gasteiger partial charge in [0, 0.05) is 34.9 Å². The van der Waals surface area contributed by atoms with Crippen LogP contribution in [0.5, 0.6) is 0 Å². The topological polar surface area (TPSA) is 92.8 Å². The highest BCUT2D eigenvalue weighted by Gasteiger charge is 2.27. The van der Waals surface area contributed by atoms with Crippen LogP contribution >= 0.6 is 23.1 Å². The molecule has 0 saturated carbocycles. The van der Waals surface area contributed by atoms with Crippen molar-refractivity contribution in [1.82, 2.24) is 20.2 Å². The van der Waals surface area contributed by atoms with Gasteiger partial charge in [0.15, 0.2) is 0 Å². The Labute approximate surface area is 173 Å². The molecule has 7 nitrogen and oxygen atoms in total. The van der Waals surface area contributed by atoms with Gasteiger partial charge < -0.3 is 4.74 Å². The van der Waals surface area contributed by atoms with Crippen LogP contribution in [0.2, 0.25) is 0 Å². The molecule has 3 heterocycles. The number of hydrogen-bond acceptors (Lipinski definition) is 7. The van der Waals surface area contributed by atoms with Crippen LogP contribution in [0, 0.1) is 12.8 Å². The number of aromatic amines is 1. The molecular formula is C19H25N5O2S2. The molecule has 0 aromatic carbocycles. The summed E-state index contributed by atoms with van der Waals surface area (Å²) in [4.78, 5) is 18.5. The van der Waals surface area contributed by atoms with Crippen LogP contribution in [0.15, 0.2) is 28.8 Å². The third-order valence-electron chi connectivity index (χ3n) is 4.28. The number of nitrogens with one attached hydrogen (secondary N) is 2.